The Balaban J connectivity index is 1.86. The molecule has 0 heterocycles. The fraction of sp³-hybridized carbons (Fsp3) is 0.611. The summed E-state index contributed by atoms with van der Waals surface area (Å²) < 4.78 is 0. The van der Waals surface area contributed by atoms with Gasteiger partial charge in [0.1, 0.15) is 0 Å². The van der Waals surface area contributed by atoms with Gasteiger partial charge in [0.15, 0.2) is 0 Å². The molecular formula is C18H28N2O. The summed E-state index contributed by atoms with van der Waals surface area (Å²) in [6.07, 6.45) is 8.07. The Morgan fingerprint density at radius 2 is 2.00 bits per heavy atom. The van der Waals surface area contributed by atoms with Crippen molar-refractivity contribution in [2.24, 2.45) is 17.6 Å². The summed E-state index contributed by atoms with van der Waals surface area (Å²) in [5.41, 5.74) is 8.01. The first-order chi connectivity index (χ1) is 10.2. The van der Waals surface area contributed by atoms with Gasteiger partial charge in [0.25, 0.3) is 0 Å². The average Bonchev–Trinajstić information content (AvgIpc) is 2.98. The molecule has 2 rings (SSSR count). The number of anilines is 1. The molecule has 0 aromatic heterocycles. The maximum atomic E-state index is 12.3. The molecule has 3 nitrogen and oxygen atoms in total. The van der Waals surface area contributed by atoms with E-state index in [0.717, 1.165) is 31.4 Å². The number of nitrogens with two attached hydrogens (primary N) is 1. The molecule has 1 aliphatic carbocycles. The number of benzene rings is 1. The number of unbranched alkanes of at least 4 members (excludes halogenated alkanes) is 2. The summed E-state index contributed by atoms with van der Waals surface area (Å²) in [6, 6.07) is 8.29. The van der Waals surface area contributed by atoms with Crippen LogP contribution in [0.25, 0.3) is 0 Å². The van der Waals surface area contributed by atoms with Crippen LogP contribution in [0.3, 0.4) is 0 Å². The fourth-order valence-corrected chi connectivity index (χ4v) is 3.23. The minimum atomic E-state index is 0.0965. The number of carbonyl (C=O) groups is 1. The Labute approximate surface area is 128 Å². The normalized spacial score (nSPS) is 21.4. The lowest BCUT2D eigenvalue weighted by Gasteiger charge is -2.17. The number of amides is 1. The predicted octanol–water partition coefficient (Wildman–Crippen LogP) is 3.73. The Morgan fingerprint density at radius 3 is 2.67 bits per heavy atom. The number of rotatable bonds is 7. The number of hydrogen-bond donors (Lipinski definition) is 2. The molecule has 2 atom stereocenters. The second-order valence-electron chi connectivity index (χ2n) is 6.18. The molecular weight excluding hydrogens is 260 g/mol. The lowest BCUT2D eigenvalue weighted by molar-refractivity contribution is -0.120. The first-order valence-electron chi connectivity index (χ1n) is 8.34. The zero-order valence-electron chi connectivity index (χ0n) is 13.1. The highest BCUT2D eigenvalue weighted by Gasteiger charge is 2.31. The van der Waals surface area contributed by atoms with Crippen LogP contribution in [0, 0.1) is 11.8 Å². The Morgan fingerprint density at radius 1 is 1.24 bits per heavy atom. The standard InChI is InChI=1S/C18H28N2O/c1-2-3-4-6-14-9-11-16(12-10-14)20-18(21)17-8-5-7-15(17)13-19/h9-12,15,17H,2-8,13,19H2,1H3,(H,20,21). The molecule has 1 amide bonds. The maximum Gasteiger partial charge on any atom is 0.227 e. The molecule has 1 fully saturated rings. The molecule has 0 saturated heterocycles. The monoisotopic (exact) mass is 288 g/mol. The zero-order chi connectivity index (χ0) is 15.1. The van der Waals surface area contributed by atoms with Crippen LogP contribution in [0.15, 0.2) is 24.3 Å². The van der Waals surface area contributed by atoms with Crippen molar-refractivity contribution < 1.29 is 4.79 Å². The van der Waals surface area contributed by atoms with E-state index in [9.17, 15) is 4.79 Å². The van der Waals surface area contributed by atoms with Gasteiger partial charge in [-0.15, -0.1) is 0 Å². The molecule has 1 aliphatic rings. The first kappa shape index (κ1) is 16.0. The number of carbonyl (C=O) groups excluding carboxylic acids is 1. The third-order valence-electron chi connectivity index (χ3n) is 4.59. The van der Waals surface area contributed by atoms with Crippen molar-refractivity contribution in [2.45, 2.75) is 51.9 Å². The first-order valence-corrected chi connectivity index (χ1v) is 8.34. The van der Waals surface area contributed by atoms with Crippen LogP contribution in [0.2, 0.25) is 0 Å². The maximum absolute atomic E-state index is 12.3. The van der Waals surface area contributed by atoms with Gasteiger partial charge in [0, 0.05) is 11.6 Å². The summed E-state index contributed by atoms with van der Waals surface area (Å²) in [5.74, 6) is 0.597. The van der Waals surface area contributed by atoms with Crippen LogP contribution in [-0.2, 0) is 11.2 Å². The largest absolute Gasteiger partial charge is 0.330 e. The fourth-order valence-electron chi connectivity index (χ4n) is 3.23. The summed E-state index contributed by atoms with van der Waals surface area (Å²) >= 11 is 0. The van der Waals surface area contributed by atoms with E-state index in [0.29, 0.717) is 12.5 Å². The molecule has 2 unspecified atom stereocenters. The molecule has 1 aromatic carbocycles. The molecule has 1 aromatic rings. The molecule has 0 bridgehead atoms. The smallest absolute Gasteiger partial charge is 0.227 e. The van der Waals surface area contributed by atoms with Crippen molar-refractivity contribution in [1.29, 1.82) is 0 Å². The third kappa shape index (κ3) is 4.57. The van der Waals surface area contributed by atoms with E-state index in [4.69, 9.17) is 5.73 Å². The van der Waals surface area contributed by atoms with Gasteiger partial charge >= 0.3 is 0 Å². The number of nitrogens with one attached hydrogen (secondary N) is 1. The van der Waals surface area contributed by atoms with Crippen molar-refractivity contribution in [3.8, 4) is 0 Å². The minimum Gasteiger partial charge on any atom is -0.330 e. The lowest BCUT2D eigenvalue weighted by atomic mass is 9.95. The van der Waals surface area contributed by atoms with E-state index in [1.54, 1.807) is 0 Å². The zero-order valence-corrected chi connectivity index (χ0v) is 13.1. The lowest BCUT2D eigenvalue weighted by Crippen LogP contribution is -2.29. The van der Waals surface area contributed by atoms with E-state index in [2.05, 4.69) is 24.4 Å². The van der Waals surface area contributed by atoms with Crippen molar-refractivity contribution in [3.63, 3.8) is 0 Å². The van der Waals surface area contributed by atoms with Gasteiger partial charge in [-0.05, 0) is 55.8 Å². The van der Waals surface area contributed by atoms with Crippen molar-refractivity contribution in [3.05, 3.63) is 29.8 Å². The molecule has 21 heavy (non-hydrogen) atoms. The van der Waals surface area contributed by atoms with Crippen LogP contribution >= 0.6 is 0 Å². The van der Waals surface area contributed by atoms with Crippen molar-refractivity contribution in [2.75, 3.05) is 11.9 Å². The molecule has 1 saturated carbocycles. The van der Waals surface area contributed by atoms with Gasteiger partial charge in [0.05, 0.1) is 0 Å². The quantitative estimate of drug-likeness (QED) is 0.751. The third-order valence-corrected chi connectivity index (χ3v) is 4.59. The topological polar surface area (TPSA) is 55.1 Å². The van der Waals surface area contributed by atoms with Crippen molar-refractivity contribution >= 4 is 11.6 Å². The average molecular weight is 288 g/mol. The predicted molar refractivity (Wildman–Crippen MR) is 88.2 cm³/mol. The summed E-state index contributed by atoms with van der Waals surface area (Å²) in [4.78, 5) is 12.3. The van der Waals surface area contributed by atoms with Gasteiger partial charge in [-0.1, -0.05) is 38.3 Å². The minimum absolute atomic E-state index is 0.0965. The van der Waals surface area contributed by atoms with Gasteiger partial charge in [0.2, 0.25) is 5.91 Å². The Kier molecular flexibility index (Phi) is 6.24. The van der Waals surface area contributed by atoms with E-state index >= 15 is 0 Å². The molecule has 0 spiro atoms. The van der Waals surface area contributed by atoms with Gasteiger partial charge in [-0.2, -0.15) is 0 Å². The van der Waals surface area contributed by atoms with Crippen LogP contribution in [0.5, 0.6) is 0 Å². The van der Waals surface area contributed by atoms with Gasteiger partial charge < -0.3 is 11.1 Å². The summed E-state index contributed by atoms with van der Waals surface area (Å²) in [6.45, 7) is 2.84. The summed E-state index contributed by atoms with van der Waals surface area (Å²) in [7, 11) is 0. The molecule has 116 valence electrons. The van der Waals surface area contributed by atoms with Crippen LogP contribution in [-0.4, -0.2) is 12.5 Å². The van der Waals surface area contributed by atoms with Gasteiger partial charge in [-0.3, -0.25) is 4.79 Å². The van der Waals surface area contributed by atoms with Crippen LogP contribution < -0.4 is 11.1 Å². The second kappa shape index (κ2) is 8.18. The molecule has 0 radical (unpaired) electrons. The molecule has 3 heteroatoms. The van der Waals surface area contributed by atoms with Gasteiger partial charge in [-0.25, -0.2) is 0 Å². The Bertz CT molecular complexity index is 441. The van der Waals surface area contributed by atoms with E-state index in [1.807, 2.05) is 12.1 Å². The van der Waals surface area contributed by atoms with Crippen LogP contribution in [0.1, 0.15) is 51.0 Å². The highest BCUT2D eigenvalue weighted by Crippen LogP contribution is 2.31. The van der Waals surface area contributed by atoms with E-state index in [1.165, 1.54) is 24.8 Å². The highest BCUT2D eigenvalue weighted by atomic mass is 16.1. The second-order valence-corrected chi connectivity index (χ2v) is 6.18. The molecule has 0 aliphatic heterocycles. The van der Waals surface area contributed by atoms with E-state index < -0.39 is 0 Å². The number of hydrogen-bond acceptors (Lipinski definition) is 2. The Hall–Kier alpha value is -1.35. The summed E-state index contributed by atoms with van der Waals surface area (Å²) in [5, 5.41) is 3.05. The highest BCUT2D eigenvalue weighted by molar-refractivity contribution is 5.92. The SMILES string of the molecule is CCCCCc1ccc(NC(=O)C2CCCC2CN)cc1. The van der Waals surface area contributed by atoms with Crippen LogP contribution in [0.4, 0.5) is 5.69 Å². The van der Waals surface area contributed by atoms with Crippen molar-refractivity contribution in [1.82, 2.24) is 0 Å². The number of aryl methyl sites for hydroxylation is 1. The molecule has 3 N–H and O–H groups in total. The van der Waals surface area contributed by atoms with E-state index in [-0.39, 0.29) is 11.8 Å².